The molecule has 0 aliphatic carbocycles. The first kappa shape index (κ1) is 15.5. The van der Waals surface area contributed by atoms with Crippen molar-refractivity contribution in [2.45, 2.75) is 45.6 Å². The molecule has 1 aliphatic heterocycles. The molecule has 1 atom stereocenters. The lowest BCUT2D eigenvalue weighted by Gasteiger charge is -2.20. The molecule has 0 bridgehead atoms. The Balaban J connectivity index is 1.86. The van der Waals surface area contributed by atoms with Crippen LogP contribution in [0.1, 0.15) is 49.5 Å². The van der Waals surface area contributed by atoms with E-state index in [-0.39, 0.29) is 11.6 Å². The molecule has 0 saturated carbocycles. The zero-order valence-corrected chi connectivity index (χ0v) is 12.4. The smallest absolute Gasteiger partial charge is 0.358 e. The van der Waals surface area contributed by atoms with Crippen molar-refractivity contribution in [2.24, 2.45) is 5.92 Å². The van der Waals surface area contributed by atoms with E-state index in [0.717, 1.165) is 25.8 Å². The van der Waals surface area contributed by atoms with Crippen molar-refractivity contribution < 1.29 is 14.7 Å². The van der Waals surface area contributed by atoms with Gasteiger partial charge in [-0.2, -0.15) is 0 Å². The minimum atomic E-state index is -1.09. The lowest BCUT2D eigenvalue weighted by Crippen LogP contribution is -2.33. The SMILES string of the molecule is CCCC1CCC(=O)N(CCn2cc(C(=O)O)nn2)CC1. The summed E-state index contributed by atoms with van der Waals surface area (Å²) in [6, 6.07) is 0. The number of nitrogens with zero attached hydrogens (tertiary/aromatic N) is 4. The van der Waals surface area contributed by atoms with Crippen molar-refractivity contribution in [1.29, 1.82) is 0 Å². The van der Waals surface area contributed by atoms with Gasteiger partial charge in [0, 0.05) is 19.5 Å². The quantitative estimate of drug-likeness (QED) is 0.857. The van der Waals surface area contributed by atoms with E-state index >= 15 is 0 Å². The standard InChI is InChI=1S/C14H22N4O3/c1-2-3-11-4-5-13(19)17(7-6-11)8-9-18-10-12(14(20)21)15-16-18/h10-11H,2-9H2,1H3,(H,20,21). The number of aromatic carboxylic acids is 1. The van der Waals surface area contributed by atoms with Gasteiger partial charge < -0.3 is 10.0 Å². The lowest BCUT2D eigenvalue weighted by atomic mass is 9.96. The summed E-state index contributed by atoms with van der Waals surface area (Å²) in [4.78, 5) is 24.7. The van der Waals surface area contributed by atoms with Crippen LogP contribution >= 0.6 is 0 Å². The third-order valence-corrected chi connectivity index (χ3v) is 3.98. The van der Waals surface area contributed by atoms with E-state index in [1.54, 1.807) is 0 Å². The maximum Gasteiger partial charge on any atom is 0.358 e. The molecule has 1 aromatic heterocycles. The Kier molecular flexibility index (Phi) is 5.30. The van der Waals surface area contributed by atoms with Crippen LogP contribution in [0.15, 0.2) is 6.20 Å². The summed E-state index contributed by atoms with van der Waals surface area (Å²) in [5.41, 5.74) is -0.0693. The highest BCUT2D eigenvalue weighted by atomic mass is 16.4. The zero-order valence-electron chi connectivity index (χ0n) is 12.4. The molecule has 0 radical (unpaired) electrons. The monoisotopic (exact) mass is 294 g/mol. The van der Waals surface area contributed by atoms with Gasteiger partial charge in [0.2, 0.25) is 5.91 Å². The molecule has 1 fully saturated rings. The van der Waals surface area contributed by atoms with Crippen molar-refractivity contribution in [1.82, 2.24) is 19.9 Å². The van der Waals surface area contributed by atoms with Crippen LogP contribution in [0.4, 0.5) is 0 Å². The zero-order chi connectivity index (χ0) is 15.2. The molecule has 2 rings (SSSR count). The molecule has 0 aromatic carbocycles. The number of aromatic nitrogens is 3. The topological polar surface area (TPSA) is 88.3 Å². The maximum absolute atomic E-state index is 12.1. The van der Waals surface area contributed by atoms with Crippen LogP contribution in [0.5, 0.6) is 0 Å². The summed E-state index contributed by atoms with van der Waals surface area (Å²) < 4.78 is 1.48. The van der Waals surface area contributed by atoms with Gasteiger partial charge in [-0.15, -0.1) is 5.10 Å². The van der Waals surface area contributed by atoms with Gasteiger partial charge in [-0.1, -0.05) is 25.0 Å². The Morgan fingerprint density at radius 3 is 2.90 bits per heavy atom. The Morgan fingerprint density at radius 2 is 2.24 bits per heavy atom. The van der Waals surface area contributed by atoms with Gasteiger partial charge in [0.05, 0.1) is 12.7 Å². The Hall–Kier alpha value is -1.92. The number of carboxylic acids is 1. The molecule has 2 heterocycles. The first-order chi connectivity index (χ1) is 10.1. The molecule has 1 N–H and O–H groups in total. The highest BCUT2D eigenvalue weighted by Crippen LogP contribution is 2.22. The molecular weight excluding hydrogens is 272 g/mol. The second-order valence-corrected chi connectivity index (χ2v) is 5.53. The predicted molar refractivity (Wildman–Crippen MR) is 75.8 cm³/mol. The number of carbonyl (C=O) groups excluding carboxylic acids is 1. The van der Waals surface area contributed by atoms with Crippen molar-refractivity contribution >= 4 is 11.9 Å². The summed E-state index contributed by atoms with van der Waals surface area (Å²) in [5, 5.41) is 16.1. The summed E-state index contributed by atoms with van der Waals surface area (Å²) in [7, 11) is 0. The molecule has 1 aliphatic rings. The summed E-state index contributed by atoms with van der Waals surface area (Å²) in [6.07, 6.45) is 6.39. The van der Waals surface area contributed by atoms with Gasteiger partial charge >= 0.3 is 5.97 Å². The van der Waals surface area contributed by atoms with Crippen LogP contribution in [0.25, 0.3) is 0 Å². The van der Waals surface area contributed by atoms with Crippen molar-refractivity contribution in [3.05, 3.63) is 11.9 Å². The molecule has 1 saturated heterocycles. The van der Waals surface area contributed by atoms with E-state index in [0.29, 0.717) is 25.4 Å². The van der Waals surface area contributed by atoms with Crippen LogP contribution < -0.4 is 0 Å². The molecule has 7 nitrogen and oxygen atoms in total. The summed E-state index contributed by atoms with van der Waals surface area (Å²) >= 11 is 0. The molecule has 1 unspecified atom stereocenters. The number of hydrogen-bond acceptors (Lipinski definition) is 4. The number of likely N-dealkylation sites (tertiary alicyclic amines) is 1. The fraction of sp³-hybridized carbons (Fsp3) is 0.714. The molecular formula is C14H22N4O3. The van der Waals surface area contributed by atoms with Gasteiger partial charge in [-0.05, 0) is 18.8 Å². The number of carboxylic acid groups (broad SMARTS) is 1. The van der Waals surface area contributed by atoms with Crippen LogP contribution in [0.3, 0.4) is 0 Å². The molecule has 1 aromatic rings. The number of carbonyl (C=O) groups is 2. The second kappa shape index (κ2) is 7.19. The van der Waals surface area contributed by atoms with E-state index in [1.165, 1.54) is 17.3 Å². The predicted octanol–water partition coefficient (Wildman–Crippen LogP) is 1.41. The third kappa shape index (κ3) is 4.27. The average Bonchev–Trinajstić information content (AvgIpc) is 2.86. The average molecular weight is 294 g/mol. The Labute approximate surface area is 123 Å². The molecule has 1 amide bonds. The summed E-state index contributed by atoms with van der Waals surface area (Å²) in [5.74, 6) is -0.254. The van der Waals surface area contributed by atoms with Gasteiger partial charge in [0.15, 0.2) is 5.69 Å². The van der Waals surface area contributed by atoms with E-state index in [4.69, 9.17) is 5.11 Å². The minimum Gasteiger partial charge on any atom is -0.476 e. The van der Waals surface area contributed by atoms with E-state index in [9.17, 15) is 9.59 Å². The van der Waals surface area contributed by atoms with Crippen LogP contribution in [-0.4, -0.2) is 50.0 Å². The Bertz CT molecular complexity index is 500. The first-order valence-corrected chi connectivity index (χ1v) is 7.51. The third-order valence-electron chi connectivity index (χ3n) is 3.98. The number of rotatable bonds is 6. The van der Waals surface area contributed by atoms with Crippen molar-refractivity contribution in [2.75, 3.05) is 13.1 Å². The van der Waals surface area contributed by atoms with Crippen molar-refractivity contribution in [3.8, 4) is 0 Å². The molecule has 116 valence electrons. The van der Waals surface area contributed by atoms with E-state index in [1.807, 2.05) is 4.90 Å². The maximum atomic E-state index is 12.1. The largest absolute Gasteiger partial charge is 0.476 e. The van der Waals surface area contributed by atoms with E-state index in [2.05, 4.69) is 17.2 Å². The number of amides is 1. The highest BCUT2D eigenvalue weighted by molar-refractivity contribution is 5.84. The van der Waals surface area contributed by atoms with Crippen LogP contribution in [0.2, 0.25) is 0 Å². The normalized spacial score (nSPS) is 19.6. The highest BCUT2D eigenvalue weighted by Gasteiger charge is 2.22. The molecule has 0 spiro atoms. The lowest BCUT2D eigenvalue weighted by molar-refractivity contribution is -0.130. The van der Waals surface area contributed by atoms with Gasteiger partial charge in [-0.25, -0.2) is 9.48 Å². The fourth-order valence-electron chi connectivity index (χ4n) is 2.76. The summed E-state index contributed by atoms with van der Waals surface area (Å²) in [6.45, 7) is 3.99. The van der Waals surface area contributed by atoms with Gasteiger partial charge in [0.25, 0.3) is 0 Å². The van der Waals surface area contributed by atoms with Crippen molar-refractivity contribution in [3.63, 3.8) is 0 Å². The first-order valence-electron chi connectivity index (χ1n) is 7.51. The fourth-order valence-corrected chi connectivity index (χ4v) is 2.76. The second-order valence-electron chi connectivity index (χ2n) is 5.53. The van der Waals surface area contributed by atoms with Gasteiger partial charge in [0.1, 0.15) is 0 Å². The number of hydrogen-bond donors (Lipinski definition) is 1. The van der Waals surface area contributed by atoms with Crippen LogP contribution in [-0.2, 0) is 11.3 Å². The van der Waals surface area contributed by atoms with Crippen LogP contribution in [0, 0.1) is 5.92 Å². The van der Waals surface area contributed by atoms with E-state index < -0.39 is 5.97 Å². The minimum absolute atomic E-state index is 0.0693. The molecule has 21 heavy (non-hydrogen) atoms. The molecule has 7 heteroatoms. The Morgan fingerprint density at radius 1 is 1.43 bits per heavy atom. The van der Waals surface area contributed by atoms with Gasteiger partial charge in [-0.3, -0.25) is 4.79 Å².